The van der Waals surface area contributed by atoms with Gasteiger partial charge < -0.3 is 4.40 Å². The van der Waals surface area contributed by atoms with Gasteiger partial charge in [0.2, 0.25) is 0 Å². The molecule has 0 aliphatic rings. The van der Waals surface area contributed by atoms with E-state index in [0.29, 0.717) is 0 Å². The Hall–Kier alpha value is -1.31. The van der Waals surface area contributed by atoms with Gasteiger partial charge in [0, 0.05) is 12.6 Å². The van der Waals surface area contributed by atoms with Crippen LogP contribution in [-0.4, -0.2) is 9.38 Å². The van der Waals surface area contributed by atoms with E-state index in [1.807, 2.05) is 18.3 Å². The molecule has 2 aromatic heterocycles. The van der Waals surface area contributed by atoms with Crippen molar-refractivity contribution in [2.75, 3.05) is 0 Å². The first-order valence-corrected chi connectivity index (χ1v) is 4.97. The first-order chi connectivity index (χ1) is 6.56. The lowest BCUT2D eigenvalue weighted by Crippen LogP contribution is -2.11. The summed E-state index contributed by atoms with van der Waals surface area (Å²) >= 11 is 0. The lowest BCUT2D eigenvalue weighted by Gasteiger charge is -2.16. The van der Waals surface area contributed by atoms with Gasteiger partial charge in [0.25, 0.3) is 0 Å². The van der Waals surface area contributed by atoms with E-state index in [-0.39, 0.29) is 5.41 Å². The molecule has 0 saturated carbocycles. The summed E-state index contributed by atoms with van der Waals surface area (Å²) in [6.45, 7) is 6.70. The van der Waals surface area contributed by atoms with Gasteiger partial charge in [-0.1, -0.05) is 26.8 Å². The SMILES string of the molecule is CC(C)(C)Cc1ncc2ccccn12. The van der Waals surface area contributed by atoms with E-state index >= 15 is 0 Å². The van der Waals surface area contributed by atoms with E-state index < -0.39 is 0 Å². The van der Waals surface area contributed by atoms with E-state index in [2.05, 4.69) is 42.4 Å². The van der Waals surface area contributed by atoms with Crippen LogP contribution in [0.4, 0.5) is 0 Å². The van der Waals surface area contributed by atoms with Crippen LogP contribution in [0.2, 0.25) is 0 Å². The molecule has 2 nitrogen and oxygen atoms in total. The van der Waals surface area contributed by atoms with Crippen LogP contribution < -0.4 is 0 Å². The lowest BCUT2D eigenvalue weighted by molar-refractivity contribution is 0.400. The molecule has 0 aliphatic carbocycles. The normalized spacial score (nSPS) is 12.2. The Morgan fingerprint density at radius 3 is 2.79 bits per heavy atom. The van der Waals surface area contributed by atoms with Gasteiger partial charge in [-0.15, -0.1) is 0 Å². The third kappa shape index (κ3) is 1.79. The van der Waals surface area contributed by atoms with Crippen molar-refractivity contribution in [1.82, 2.24) is 9.38 Å². The molecule has 0 radical (unpaired) electrons. The Balaban J connectivity index is 2.44. The van der Waals surface area contributed by atoms with Gasteiger partial charge in [-0.05, 0) is 17.5 Å². The fourth-order valence-electron chi connectivity index (χ4n) is 1.60. The van der Waals surface area contributed by atoms with Crippen molar-refractivity contribution in [2.24, 2.45) is 5.41 Å². The minimum Gasteiger partial charge on any atom is -0.304 e. The number of aromatic nitrogens is 2. The van der Waals surface area contributed by atoms with Gasteiger partial charge in [0.15, 0.2) is 0 Å². The molecule has 2 heterocycles. The number of pyridine rings is 1. The standard InChI is InChI=1S/C12H16N2/c1-12(2,3)8-11-13-9-10-6-4-5-7-14(10)11/h4-7,9H,8H2,1-3H3. The van der Waals surface area contributed by atoms with Crippen molar-refractivity contribution in [3.63, 3.8) is 0 Å². The van der Waals surface area contributed by atoms with E-state index in [0.717, 1.165) is 12.2 Å². The third-order valence-corrected chi connectivity index (χ3v) is 2.20. The van der Waals surface area contributed by atoms with Crippen LogP contribution in [0.3, 0.4) is 0 Å². The third-order valence-electron chi connectivity index (χ3n) is 2.20. The molecule has 0 aliphatic heterocycles. The van der Waals surface area contributed by atoms with Crippen molar-refractivity contribution in [2.45, 2.75) is 27.2 Å². The molecule has 14 heavy (non-hydrogen) atoms. The number of hydrogen-bond donors (Lipinski definition) is 0. The number of rotatable bonds is 1. The van der Waals surface area contributed by atoms with E-state index in [1.165, 1.54) is 5.52 Å². The summed E-state index contributed by atoms with van der Waals surface area (Å²) in [6.07, 6.45) is 5.01. The maximum absolute atomic E-state index is 4.44. The molecule has 2 rings (SSSR count). The topological polar surface area (TPSA) is 17.3 Å². The Bertz CT molecular complexity index is 435. The summed E-state index contributed by atoms with van der Waals surface area (Å²) in [5.74, 6) is 1.15. The molecule has 2 heteroatoms. The molecule has 0 aromatic carbocycles. The van der Waals surface area contributed by atoms with Gasteiger partial charge in [-0.25, -0.2) is 4.98 Å². The zero-order chi connectivity index (χ0) is 10.2. The molecule has 74 valence electrons. The summed E-state index contributed by atoms with van der Waals surface area (Å²) in [6, 6.07) is 6.16. The average Bonchev–Trinajstić information content (AvgIpc) is 2.47. The molecule has 0 saturated heterocycles. The summed E-state index contributed by atoms with van der Waals surface area (Å²) in [5.41, 5.74) is 1.46. The zero-order valence-electron chi connectivity index (χ0n) is 8.99. The van der Waals surface area contributed by atoms with Crippen LogP contribution in [0.25, 0.3) is 5.52 Å². The minimum atomic E-state index is 0.289. The van der Waals surface area contributed by atoms with Gasteiger partial charge >= 0.3 is 0 Å². The van der Waals surface area contributed by atoms with Crippen molar-refractivity contribution in [3.05, 3.63) is 36.4 Å². The average molecular weight is 188 g/mol. The molecule has 0 atom stereocenters. The highest BCUT2D eigenvalue weighted by molar-refractivity contribution is 5.45. The predicted octanol–water partition coefficient (Wildman–Crippen LogP) is 2.92. The Morgan fingerprint density at radius 1 is 1.29 bits per heavy atom. The maximum atomic E-state index is 4.44. The Labute approximate surface area is 84.6 Å². The quantitative estimate of drug-likeness (QED) is 0.672. The number of hydrogen-bond acceptors (Lipinski definition) is 1. The highest BCUT2D eigenvalue weighted by Gasteiger charge is 2.14. The molecule has 0 spiro atoms. The Morgan fingerprint density at radius 2 is 2.07 bits per heavy atom. The van der Waals surface area contributed by atoms with Crippen molar-refractivity contribution in [1.29, 1.82) is 0 Å². The summed E-state index contributed by atoms with van der Waals surface area (Å²) in [5, 5.41) is 0. The van der Waals surface area contributed by atoms with Gasteiger partial charge in [0.05, 0.1) is 11.7 Å². The van der Waals surface area contributed by atoms with Crippen LogP contribution in [0.5, 0.6) is 0 Å². The van der Waals surface area contributed by atoms with Crippen LogP contribution in [0.15, 0.2) is 30.6 Å². The maximum Gasteiger partial charge on any atom is 0.113 e. The van der Waals surface area contributed by atoms with Crippen molar-refractivity contribution in [3.8, 4) is 0 Å². The molecule has 0 bridgehead atoms. The fourth-order valence-corrected chi connectivity index (χ4v) is 1.60. The second-order valence-electron chi connectivity index (χ2n) is 4.91. The van der Waals surface area contributed by atoms with E-state index in [4.69, 9.17) is 0 Å². The summed E-state index contributed by atoms with van der Waals surface area (Å²) in [7, 11) is 0. The highest BCUT2D eigenvalue weighted by atomic mass is 15.0. The molecule has 0 N–H and O–H groups in total. The predicted molar refractivity (Wildman–Crippen MR) is 58.4 cm³/mol. The monoisotopic (exact) mass is 188 g/mol. The molecule has 0 amide bonds. The molecule has 0 unspecified atom stereocenters. The second-order valence-corrected chi connectivity index (χ2v) is 4.91. The van der Waals surface area contributed by atoms with Crippen LogP contribution in [-0.2, 0) is 6.42 Å². The fraction of sp³-hybridized carbons (Fsp3) is 0.417. The van der Waals surface area contributed by atoms with Crippen LogP contribution in [0, 0.1) is 5.41 Å². The van der Waals surface area contributed by atoms with Crippen molar-refractivity contribution >= 4 is 5.52 Å². The first kappa shape index (κ1) is 9.25. The second kappa shape index (κ2) is 3.12. The smallest absolute Gasteiger partial charge is 0.113 e. The van der Waals surface area contributed by atoms with Crippen LogP contribution in [0.1, 0.15) is 26.6 Å². The number of nitrogens with zero attached hydrogens (tertiary/aromatic N) is 2. The van der Waals surface area contributed by atoms with Gasteiger partial charge in [-0.2, -0.15) is 0 Å². The molecular weight excluding hydrogens is 172 g/mol. The largest absolute Gasteiger partial charge is 0.304 e. The van der Waals surface area contributed by atoms with Crippen molar-refractivity contribution < 1.29 is 0 Å². The van der Waals surface area contributed by atoms with E-state index in [9.17, 15) is 0 Å². The Kier molecular flexibility index (Phi) is 2.06. The molecular formula is C12H16N2. The number of fused-ring (bicyclic) bond motifs is 1. The summed E-state index contributed by atoms with van der Waals surface area (Å²) in [4.78, 5) is 4.44. The van der Waals surface area contributed by atoms with Crippen LogP contribution >= 0.6 is 0 Å². The van der Waals surface area contributed by atoms with Gasteiger partial charge in [0.1, 0.15) is 5.82 Å². The van der Waals surface area contributed by atoms with Gasteiger partial charge in [-0.3, -0.25) is 0 Å². The molecule has 2 aromatic rings. The summed E-state index contributed by atoms with van der Waals surface area (Å²) < 4.78 is 2.16. The first-order valence-electron chi connectivity index (χ1n) is 4.97. The zero-order valence-corrected chi connectivity index (χ0v) is 8.99. The minimum absolute atomic E-state index is 0.289. The lowest BCUT2D eigenvalue weighted by atomic mass is 9.92. The highest BCUT2D eigenvalue weighted by Crippen LogP contribution is 2.20. The molecule has 0 fully saturated rings. The van der Waals surface area contributed by atoms with E-state index in [1.54, 1.807) is 0 Å². The number of imidazole rings is 1.